The Morgan fingerprint density at radius 1 is 1.33 bits per heavy atom. The zero-order valence-corrected chi connectivity index (χ0v) is 9.99. The molecule has 0 aliphatic carbocycles. The molecule has 0 spiro atoms. The topological polar surface area (TPSA) is 67.4 Å². The fourth-order valence-electron chi connectivity index (χ4n) is 0.845. The molecule has 88 valence electrons. The molecule has 0 aromatic carbocycles. The van der Waals surface area contributed by atoms with E-state index in [0.29, 0.717) is 13.2 Å². The van der Waals surface area contributed by atoms with Crippen molar-refractivity contribution in [3.63, 3.8) is 0 Å². The highest BCUT2D eigenvalue weighted by Gasteiger charge is 2.04. The summed E-state index contributed by atoms with van der Waals surface area (Å²) in [4.78, 5) is 21.9. The van der Waals surface area contributed by atoms with E-state index < -0.39 is 5.97 Å². The van der Waals surface area contributed by atoms with Gasteiger partial charge in [0.1, 0.15) is 6.54 Å². The lowest BCUT2D eigenvalue weighted by atomic mass is 10.5. The summed E-state index contributed by atoms with van der Waals surface area (Å²) < 4.78 is 4.65. The number of ether oxygens (including phenoxy) is 1. The van der Waals surface area contributed by atoms with E-state index in [2.05, 4.69) is 15.4 Å². The minimum atomic E-state index is -0.420. The van der Waals surface area contributed by atoms with E-state index in [1.807, 2.05) is 6.26 Å². The van der Waals surface area contributed by atoms with E-state index in [1.165, 1.54) is 0 Å². The molecule has 0 saturated heterocycles. The van der Waals surface area contributed by atoms with Gasteiger partial charge in [-0.15, -0.1) is 0 Å². The number of hydrogen-bond donors (Lipinski definition) is 2. The molecule has 0 rings (SSSR count). The fourth-order valence-corrected chi connectivity index (χ4v) is 1.28. The van der Waals surface area contributed by atoms with Crippen LogP contribution in [0.15, 0.2) is 0 Å². The third-order valence-corrected chi connectivity index (χ3v) is 2.21. The molecule has 0 fully saturated rings. The Labute approximate surface area is 94.3 Å². The summed E-state index contributed by atoms with van der Waals surface area (Å²) in [5, 5.41) is 5.06. The van der Waals surface area contributed by atoms with Crippen molar-refractivity contribution in [2.24, 2.45) is 0 Å². The van der Waals surface area contributed by atoms with Gasteiger partial charge in [0.15, 0.2) is 0 Å². The molecule has 2 amide bonds. The van der Waals surface area contributed by atoms with E-state index in [4.69, 9.17) is 0 Å². The third-order valence-electron chi connectivity index (χ3n) is 1.51. The van der Waals surface area contributed by atoms with Crippen molar-refractivity contribution in [1.29, 1.82) is 0 Å². The van der Waals surface area contributed by atoms with Crippen LogP contribution in [0.5, 0.6) is 0 Å². The SMILES string of the molecule is CCOC(=O)CNC(=O)NCCCSC. The lowest BCUT2D eigenvalue weighted by Crippen LogP contribution is -2.39. The molecule has 6 heteroatoms. The van der Waals surface area contributed by atoms with Crippen LogP contribution in [0, 0.1) is 0 Å². The van der Waals surface area contributed by atoms with Gasteiger partial charge in [0.25, 0.3) is 0 Å². The molecule has 0 bridgehead atoms. The summed E-state index contributed by atoms with van der Waals surface area (Å²) in [6, 6.07) is -0.329. The van der Waals surface area contributed by atoms with Gasteiger partial charge in [0.05, 0.1) is 6.61 Å². The molecule has 0 unspecified atom stereocenters. The Hall–Kier alpha value is -0.910. The molecular weight excluding hydrogens is 216 g/mol. The Kier molecular flexibility index (Phi) is 9.05. The van der Waals surface area contributed by atoms with Crippen LogP contribution in [0.25, 0.3) is 0 Å². The predicted molar refractivity (Wildman–Crippen MR) is 61.0 cm³/mol. The van der Waals surface area contributed by atoms with E-state index in [0.717, 1.165) is 12.2 Å². The first-order chi connectivity index (χ1) is 7.20. The molecule has 0 heterocycles. The van der Waals surface area contributed by atoms with E-state index in [-0.39, 0.29) is 12.6 Å². The predicted octanol–water partition coefficient (Wildman–Crippen LogP) is 0.602. The monoisotopic (exact) mass is 234 g/mol. The average molecular weight is 234 g/mol. The number of urea groups is 1. The van der Waals surface area contributed by atoms with Crippen LogP contribution in [0.4, 0.5) is 4.79 Å². The Bertz CT molecular complexity index is 200. The summed E-state index contributed by atoms with van der Waals surface area (Å²) in [6.07, 6.45) is 2.94. The molecule has 5 nitrogen and oxygen atoms in total. The molecule has 2 N–H and O–H groups in total. The average Bonchev–Trinajstić information content (AvgIpc) is 2.22. The van der Waals surface area contributed by atoms with E-state index >= 15 is 0 Å². The van der Waals surface area contributed by atoms with Crippen LogP contribution in [0.1, 0.15) is 13.3 Å². The number of nitrogens with one attached hydrogen (secondary N) is 2. The first-order valence-corrected chi connectivity index (χ1v) is 6.26. The van der Waals surface area contributed by atoms with Gasteiger partial charge >= 0.3 is 12.0 Å². The molecule has 0 aromatic rings. The number of thioether (sulfide) groups is 1. The summed E-state index contributed by atoms with van der Waals surface area (Å²) in [6.45, 7) is 2.59. The van der Waals surface area contributed by atoms with Gasteiger partial charge in [0.2, 0.25) is 0 Å². The molecule has 0 atom stereocenters. The van der Waals surface area contributed by atoms with Crippen LogP contribution in [0.3, 0.4) is 0 Å². The number of carbonyl (C=O) groups excluding carboxylic acids is 2. The highest BCUT2D eigenvalue weighted by Crippen LogP contribution is 1.92. The normalized spacial score (nSPS) is 9.47. The van der Waals surface area contributed by atoms with Gasteiger partial charge < -0.3 is 15.4 Å². The van der Waals surface area contributed by atoms with E-state index in [9.17, 15) is 9.59 Å². The van der Waals surface area contributed by atoms with Gasteiger partial charge in [-0.05, 0) is 25.4 Å². The van der Waals surface area contributed by atoms with Gasteiger partial charge in [-0.2, -0.15) is 11.8 Å². The molecular formula is C9H18N2O3S. The highest BCUT2D eigenvalue weighted by atomic mass is 32.2. The van der Waals surface area contributed by atoms with Crippen LogP contribution in [-0.2, 0) is 9.53 Å². The highest BCUT2D eigenvalue weighted by molar-refractivity contribution is 7.98. The van der Waals surface area contributed by atoms with Crippen molar-refractivity contribution >= 4 is 23.8 Å². The van der Waals surface area contributed by atoms with Crippen molar-refractivity contribution in [3.05, 3.63) is 0 Å². The number of carbonyl (C=O) groups is 2. The van der Waals surface area contributed by atoms with Crippen LogP contribution in [-0.4, -0.2) is 43.7 Å². The molecule has 0 aliphatic heterocycles. The quantitative estimate of drug-likeness (QED) is 0.500. The van der Waals surface area contributed by atoms with E-state index in [1.54, 1.807) is 18.7 Å². The smallest absolute Gasteiger partial charge is 0.325 e. The second-order valence-electron chi connectivity index (χ2n) is 2.76. The third kappa shape index (κ3) is 9.40. The minimum absolute atomic E-state index is 0.0811. The minimum Gasteiger partial charge on any atom is -0.465 e. The number of hydrogen-bond acceptors (Lipinski definition) is 4. The fraction of sp³-hybridized carbons (Fsp3) is 0.778. The van der Waals surface area contributed by atoms with Crippen molar-refractivity contribution in [3.8, 4) is 0 Å². The maximum atomic E-state index is 11.1. The zero-order chi connectivity index (χ0) is 11.5. The van der Waals surface area contributed by atoms with Gasteiger partial charge in [0, 0.05) is 6.54 Å². The number of esters is 1. The maximum Gasteiger partial charge on any atom is 0.325 e. The van der Waals surface area contributed by atoms with Crippen molar-refractivity contribution in [2.45, 2.75) is 13.3 Å². The van der Waals surface area contributed by atoms with Gasteiger partial charge in [-0.25, -0.2) is 4.79 Å². The maximum absolute atomic E-state index is 11.1. The zero-order valence-electron chi connectivity index (χ0n) is 9.17. The summed E-state index contributed by atoms with van der Waals surface area (Å²) in [7, 11) is 0. The molecule has 0 aliphatic rings. The summed E-state index contributed by atoms with van der Waals surface area (Å²) >= 11 is 1.73. The van der Waals surface area contributed by atoms with Gasteiger partial charge in [-0.1, -0.05) is 0 Å². The number of amides is 2. The Morgan fingerprint density at radius 2 is 2.07 bits per heavy atom. The first kappa shape index (κ1) is 14.1. The summed E-state index contributed by atoms with van der Waals surface area (Å²) in [5.41, 5.74) is 0. The van der Waals surface area contributed by atoms with Crippen LogP contribution in [0.2, 0.25) is 0 Å². The van der Waals surface area contributed by atoms with Gasteiger partial charge in [-0.3, -0.25) is 4.79 Å². The Balaban J connectivity index is 3.36. The Morgan fingerprint density at radius 3 is 2.67 bits per heavy atom. The van der Waals surface area contributed by atoms with Crippen LogP contribution >= 0.6 is 11.8 Å². The second-order valence-corrected chi connectivity index (χ2v) is 3.75. The first-order valence-electron chi connectivity index (χ1n) is 4.87. The van der Waals surface area contributed by atoms with Crippen molar-refractivity contribution < 1.29 is 14.3 Å². The second kappa shape index (κ2) is 9.64. The van der Waals surface area contributed by atoms with Crippen molar-refractivity contribution in [1.82, 2.24) is 10.6 Å². The number of rotatable bonds is 7. The molecule has 0 aromatic heterocycles. The lowest BCUT2D eigenvalue weighted by Gasteiger charge is -2.06. The molecule has 0 saturated carbocycles. The van der Waals surface area contributed by atoms with Crippen molar-refractivity contribution in [2.75, 3.05) is 31.7 Å². The van der Waals surface area contributed by atoms with Crippen LogP contribution < -0.4 is 10.6 Å². The largest absolute Gasteiger partial charge is 0.465 e. The summed E-state index contributed by atoms with van der Waals surface area (Å²) in [5.74, 6) is 0.592. The standard InChI is InChI=1S/C9H18N2O3S/c1-3-14-8(12)7-11-9(13)10-5-4-6-15-2/h3-7H2,1-2H3,(H2,10,11,13). The molecule has 15 heavy (non-hydrogen) atoms. The molecule has 0 radical (unpaired) electrons. The lowest BCUT2D eigenvalue weighted by molar-refractivity contribution is -0.141.